The summed E-state index contributed by atoms with van der Waals surface area (Å²) >= 11 is 1.34. The van der Waals surface area contributed by atoms with Gasteiger partial charge in [0.15, 0.2) is 0 Å². The van der Waals surface area contributed by atoms with Gasteiger partial charge in [-0.05, 0) is 25.3 Å². The van der Waals surface area contributed by atoms with E-state index in [-0.39, 0.29) is 12.8 Å². The molecule has 0 fully saturated rings. The van der Waals surface area contributed by atoms with E-state index in [4.69, 9.17) is 10.2 Å². The Labute approximate surface area is 120 Å². The molecule has 110 valence electrons. The monoisotopic (exact) mass is 299 g/mol. The summed E-state index contributed by atoms with van der Waals surface area (Å²) < 4.78 is 0. The standard InChI is InChI=1S/C13H17NO5S/c1-13(2,12(18)19)7-10(15)14-8(6-11(16)17)9-4-3-5-20-9/h3-5,8H,6-7H2,1-2H3,(H,14,15)(H,16,17)(H,18,19). The predicted molar refractivity (Wildman–Crippen MR) is 73.5 cm³/mol. The zero-order valence-electron chi connectivity index (χ0n) is 11.3. The molecule has 0 spiro atoms. The SMILES string of the molecule is CC(C)(CC(=O)NC(CC(=O)O)c1cccs1)C(=O)O. The molecule has 7 heteroatoms. The molecule has 1 rings (SSSR count). The molecule has 0 aromatic carbocycles. The highest BCUT2D eigenvalue weighted by molar-refractivity contribution is 7.10. The fourth-order valence-corrected chi connectivity index (χ4v) is 2.39. The van der Waals surface area contributed by atoms with Crippen molar-refractivity contribution in [3.63, 3.8) is 0 Å². The summed E-state index contributed by atoms with van der Waals surface area (Å²) in [6.45, 7) is 2.90. The van der Waals surface area contributed by atoms with Gasteiger partial charge < -0.3 is 15.5 Å². The van der Waals surface area contributed by atoms with Gasteiger partial charge >= 0.3 is 11.9 Å². The molecule has 0 aliphatic rings. The maximum atomic E-state index is 11.9. The highest BCUT2D eigenvalue weighted by Crippen LogP contribution is 2.24. The first-order chi connectivity index (χ1) is 9.22. The third-order valence-electron chi connectivity index (χ3n) is 2.78. The maximum Gasteiger partial charge on any atom is 0.309 e. The lowest BCUT2D eigenvalue weighted by molar-refractivity contribution is -0.149. The van der Waals surface area contributed by atoms with Crippen molar-refractivity contribution < 1.29 is 24.6 Å². The van der Waals surface area contributed by atoms with Crippen LogP contribution in [-0.2, 0) is 14.4 Å². The number of hydrogen-bond donors (Lipinski definition) is 3. The number of carbonyl (C=O) groups excluding carboxylic acids is 1. The van der Waals surface area contributed by atoms with Crippen LogP contribution < -0.4 is 5.32 Å². The molecule has 0 aliphatic carbocycles. The molecule has 0 saturated carbocycles. The minimum absolute atomic E-state index is 0.205. The Morgan fingerprint density at radius 2 is 2.00 bits per heavy atom. The quantitative estimate of drug-likeness (QED) is 0.713. The first-order valence-corrected chi connectivity index (χ1v) is 6.88. The smallest absolute Gasteiger partial charge is 0.309 e. The van der Waals surface area contributed by atoms with Crippen LogP contribution in [-0.4, -0.2) is 28.1 Å². The Balaban J connectivity index is 2.73. The van der Waals surface area contributed by atoms with E-state index in [0.717, 1.165) is 4.88 Å². The summed E-state index contributed by atoms with van der Waals surface area (Å²) in [6.07, 6.45) is -0.441. The Morgan fingerprint density at radius 1 is 1.35 bits per heavy atom. The first kappa shape index (κ1) is 16.2. The number of aliphatic carboxylic acids is 2. The largest absolute Gasteiger partial charge is 0.481 e. The molecule has 1 atom stereocenters. The van der Waals surface area contributed by atoms with E-state index in [1.165, 1.54) is 25.2 Å². The minimum atomic E-state index is -1.19. The van der Waals surface area contributed by atoms with Crippen LogP contribution in [0.2, 0.25) is 0 Å². The summed E-state index contributed by atoms with van der Waals surface area (Å²) in [4.78, 5) is 34.4. The fraction of sp³-hybridized carbons (Fsp3) is 0.462. The lowest BCUT2D eigenvalue weighted by atomic mass is 9.89. The highest BCUT2D eigenvalue weighted by atomic mass is 32.1. The second-order valence-electron chi connectivity index (χ2n) is 5.10. The van der Waals surface area contributed by atoms with Crippen LogP contribution in [0.3, 0.4) is 0 Å². The average molecular weight is 299 g/mol. The molecule has 1 amide bonds. The van der Waals surface area contributed by atoms with Crippen molar-refractivity contribution in [2.24, 2.45) is 5.41 Å². The second-order valence-corrected chi connectivity index (χ2v) is 6.08. The van der Waals surface area contributed by atoms with Gasteiger partial charge in [0.05, 0.1) is 17.9 Å². The molecular weight excluding hydrogens is 282 g/mol. The van der Waals surface area contributed by atoms with Crippen LogP contribution in [0, 0.1) is 5.41 Å². The highest BCUT2D eigenvalue weighted by Gasteiger charge is 2.31. The van der Waals surface area contributed by atoms with Crippen molar-refractivity contribution >= 4 is 29.2 Å². The summed E-state index contributed by atoms with van der Waals surface area (Å²) in [5.74, 6) is -2.57. The zero-order chi connectivity index (χ0) is 15.3. The Kier molecular flexibility index (Phi) is 5.26. The Hall–Kier alpha value is -1.89. The molecule has 20 heavy (non-hydrogen) atoms. The number of hydrogen-bond acceptors (Lipinski definition) is 4. The number of thiophene rings is 1. The Bertz CT molecular complexity index is 495. The molecule has 6 nitrogen and oxygen atoms in total. The van der Waals surface area contributed by atoms with Gasteiger partial charge in [-0.2, -0.15) is 0 Å². The normalized spacial score (nSPS) is 12.7. The van der Waals surface area contributed by atoms with E-state index >= 15 is 0 Å². The van der Waals surface area contributed by atoms with Crippen molar-refractivity contribution in [3.8, 4) is 0 Å². The molecular formula is C13H17NO5S. The van der Waals surface area contributed by atoms with Gasteiger partial charge in [0.25, 0.3) is 0 Å². The number of carboxylic acid groups (broad SMARTS) is 2. The van der Waals surface area contributed by atoms with Crippen LogP contribution in [0.5, 0.6) is 0 Å². The third kappa shape index (κ3) is 4.65. The fourth-order valence-electron chi connectivity index (χ4n) is 1.61. The summed E-state index contributed by atoms with van der Waals surface area (Å²) in [5.41, 5.74) is -1.19. The Morgan fingerprint density at radius 3 is 2.45 bits per heavy atom. The van der Waals surface area contributed by atoms with E-state index in [1.807, 2.05) is 0 Å². The van der Waals surface area contributed by atoms with Crippen LogP contribution >= 0.6 is 11.3 Å². The van der Waals surface area contributed by atoms with Crippen LogP contribution in [0.1, 0.15) is 37.6 Å². The van der Waals surface area contributed by atoms with Gasteiger partial charge in [0, 0.05) is 11.3 Å². The predicted octanol–water partition coefficient (Wildman–Crippen LogP) is 1.88. The number of rotatable bonds is 7. The van der Waals surface area contributed by atoms with Crippen LogP contribution in [0.4, 0.5) is 0 Å². The van der Waals surface area contributed by atoms with Crippen molar-refractivity contribution in [2.75, 3.05) is 0 Å². The van der Waals surface area contributed by atoms with Gasteiger partial charge in [-0.3, -0.25) is 14.4 Å². The molecule has 0 saturated heterocycles. The lowest BCUT2D eigenvalue weighted by Crippen LogP contribution is -2.35. The van der Waals surface area contributed by atoms with E-state index in [2.05, 4.69) is 5.32 Å². The number of nitrogens with one attached hydrogen (secondary N) is 1. The van der Waals surface area contributed by atoms with Crippen LogP contribution in [0.15, 0.2) is 17.5 Å². The summed E-state index contributed by atoms with van der Waals surface area (Å²) in [5, 5.41) is 22.2. The number of carboxylic acids is 2. The molecule has 0 bridgehead atoms. The summed E-state index contributed by atoms with van der Waals surface area (Å²) in [6, 6.07) is 2.87. The van der Waals surface area contributed by atoms with Gasteiger partial charge in [-0.25, -0.2) is 0 Å². The van der Waals surface area contributed by atoms with Crippen LogP contribution in [0.25, 0.3) is 0 Å². The lowest BCUT2D eigenvalue weighted by Gasteiger charge is -2.21. The zero-order valence-corrected chi connectivity index (χ0v) is 12.1. The number of carbonyl (C=O) groups is 3. The van der Waals surface area contributed by atoms with Gasteiger partial charge in [-0.1, -0.05) is 6.07 Å². The van der Waals surface area contributed by atoms with Gasteiger partial charge in [-0.15, -0.1) is 11.3 Å². The van der Waals surface area contributed by atoms with Crippen molar-refractivity contribution in [1.82, 2.24) is 5.32 Å². The van der Waals surface area contributed by atoms with E-state index in [9.17, 15) is 14.4 Å². The van der Waals surface area contributed by atoms with Gasteiger partial charge in [0.1, 0.15) is 0 Å². The number of amides is 1. The third-order valence-corrected chi connectivity index (χ3v) is 3.77. The molecule has 1 aromatic rings. The molecule has 1 aromatic heterocycles. The molecule has 3 N–H and O–H groups in total. The molecule has 1 heterocycles. The van der Waals surface area contributed by atoms with E-state index in [1.54, 1.807) is 17.5 Å². The topological polar surface area (TPSA) is 104 Å². The molecule has 1 unspecified atom stereocenters. The molecule has 0 radical (unpaired) electrons. The maximum absolute atomic E-state index is 11.9. The van der Waals surface area contributed by atoms with E-state index < -0.39 is 29.3 Å². The average Bonchev–Trinajstić information content (AvgIpc) is 2.79. The summed E-state index contributed by atoms with van der Waals surface area (Å²) in [7, 11) is 0. The molecule has 0 aliphatic heterocycles. The van der Waals surface area contributed by atoms with Crippen molar-refractivity contribution in [1.29, 1.82) is 0 Å². The van der Waals surface area contributed by atoms with E-state index in [0.29, 0.717) is 0 Å². The minimum Gasteiger partial charge on any atom is -0.481 e. The van der Waals surface area contributed by atoms with Gasteiger partial charge in [0.2, 0.25) is 5.91 Å². The second kappa shape index (κ2) is 6.51. The van der Waals surface area contributed by atoms with Crippen molar-refractivity contribution in [2.45, 2.75) is 32.7 Å². The first-order valence-electron chi connectivity index (χ1n) is 6.00. The van der Waals surface area contributed by atoms with Crippen molar-refractivity contribution in [3.05, 3.63) is 22.4 Å².